The van der Waals surface area contributed by atoms with Crippen molar-refractivity contribution in [1.29, 1.82) is 0 Å². The number of fused-ring (bicyclic) bond motifs is 1. The molecule has 28 heavy (non-hydrogen) atoms. The summed E-state index contributed by atoms with van der Waals surface area (Å²) in [6.45, 7) is 5.48. The standard InChI is InChI=1S/C22H28O6/c1-13(2)8-9-16(28-14(3)23)15-12-19(26-6)20-17(24-4)10-11-18(25-5)21(20)22(15)27-7/h8-13,16H,1-7H3/b9-8+. The summed E-state index contributed by atoms with van der Waals surface area (Å²) in [7, 11) is 6.32. The van der Waals surface area contributed by atoms with Gasteiger partial charge in [0.15, 0.2) is 0 Å². The van der Waals surface area contributed by atoms with E-state index in [1.165, 1.54) is 6.92 Å². The van der Waals surface area contributed by atoms with Crippen LogP contribution in [0.1, 0.15) is 32.4 Å². The van der Waals surface area contributed by atoms with Gasteiger partial charge in [-0.2, -0.15) is 0 Å². The first-order chi connectivity index (χ1) is 13.4. The molecule has 1 atom stereocenters. The van der Waals surface area contributed by atoms with Crippen LogP contribution in [0.4, 0.5) is 0 Å². The summed E-state index contributed by atoms with van der Waals surface area (Å²) < 4.78 is 28.1. The maximum Gasteiger partial charge on any atom is 0.303 e. The van der Waals surface area contributed by atoms with E-state index in [-0.39, 0.29) is 0 Å². The molecule has 2 aromatic carbocycles. The number of ether oxygens (including phenoxy) is 5. The molecular weight excluding hydrogens is 360 g/mol. The lowest BCUT2D eigenvalue weighted by Gasteiger charge is -2.22. The molecule has 0 bridgehead atoms. The van der Waals surface area contributed by atoms with Crippen molar-refractivity contribution in [2.45, 2.75) is 26.9 Å². The zero-order chi connectivity index (χ0) is 20.8. The van der Waals surface area contributed by atoms with Crippen LogP contribution < -0.4 is 18.9 Å². The highest BCUT2D eigenvalue weighted by molar-refractivity contribution is 6.03. The molecule has 0 amide bonds. The normalized spacial score (nSPS) is 12.3. The van der Waals surface area contributed by atoms with Gasteiger partial charge >= 0.3 is 5.97 Å². The number of hydrogen-bond acceptors (Lipinski definition) is 6. The van der Waals surface area contributed by atoms with Crippen molar-refractivity contribution < 1.29 is 28.5 Å². The fraction of sp³-hybridized carbons (Fsp3) is 0.409. The summed E-state index contributed by atoms with van der Waals surface area (Å²) >= 11 is 0. The van der Waals surface area contributed by atoms with Gasteiger partial charge in [-0.15, -0.1) is 0 Å². The molecule has 0 N–H and O–H groups in total. The third-order valence-corrected chi connectivity index (χ3v) is 4.29. The molecule has 0 aromatic heterocycles. The molecule has 2 rings (SSSR count). The van der Waals surface area contributed by atoms with Crippen LogP contribution in [0, 0.1) is 5.92 Å². The van der Waals surface area contributed by atoms with E-state index in [1.54, 1.807) is 40.6 Å². The number of carbonyl (C=O) groups is 1. The zero-order valence-electron chi connectivity index (χ0n) is 17.5. The minimum Gasteiger partial charge on any atom is -0.496 e. The van der Waals surface area contributed by atoms with Crippen molar-refractivity contribution in [2.24, 2.45) is 5.92 Å². The Bertz CT molecular complexity index is 869. The maximum atomic E-state index is 11.7. The molecule has 1 unspecified atom stereocenters. The Labute approximate surface area is 166 Å². The Morgan fingerprint density at radius 3 is 1.89 bits per heavy atom. The van der Waals surface area contributed by atoms with Crippen LogP contribution in [-0.4, -0.2) is 34.4 Å². The smallest absolute Gasteiger partial charge is 0.303 e. The van der Waals surface area contributed by atoms with Crippen molar-refractivity contribution >= 4 is 16.7 Å². The first-order valence-corrected chi connectivity index (χ1v) is 9.02. The average molecular weight is 388 g/mol. The van der Waals surface area contributed by atoms with Crippen molar-refractivity contribution in [2.75, 3.05) is 28.4 Å². The Morgan fingerprint density at radius 2 is 1.43 bits per heavy atom. The highest BCUT2D eigenvalue weighted by Crippen LogP contribution is 2.48. The molecule has 0 heterocycles. The van der Waals surface area contributed by atoms with E-state index in [4.69, 9.17) is 23.7 Å². The van der Waals surface area contributed by atoms with Crippen molar-refractivity contribution in [3.63, 3.8) is 0 Å². The van der Waals surface area contributed by atoms with Crippen LogP contribution in [-0.2, 0) is 9.53 Å². The minimum absolute atomic E-state index is 0.293. The molecule has 0 aliphatic rings. The molecule has 0 saturated heterocycles. The summed E-state index contributed by atoms with van der Waals surface area (Å²) in [4.78, 5) is 11.7. The van der Waals surface area contributed by atoms with E-state index in [2.05, 4.69) is 0 Å². The lowest BCUT2D eigenvalue weighted by atomic mass is 9.98. The molecule has 0 spiro atoms. The third kappa shape index (κ3) is 4.32. The quantitative estimate of drug-likeness (QED) is 0.483. The van der Waals surface area contributed by atoms with Crippen molar-refractivity contribution in [1.82, 2.24) is 0 Å². The molecular formula is C22H28O6. The number of rotatable bonds is 8. The first-order valence-electron chi connectivity index (χ1n) is 9.02. The largest absolute Gasteiger partial charge is 0.496 e. The van der Waals surface area contributed by atoms with Crippen LogP contribution in [0.3, 0.4) is 0 Å². The molecule has 152 valence electrons. The lowest BCUT2D eigenvalue weighted by molar-refractivity contribution is -0.144. The molecule has 0 fully saturated rings. The van der Waals surface area contributed by atoms with Crippen LogP contribution in [0.2, 0.25) is 0 Å². The highest BCUT2D eigenvalue weighted by atomic mass is 16.5. The summed E-state index contributed by atoms with van der Waals surface area (Å²) in [6.07, 6.45) is 3.19. The van der Waals surface area contributed by atoms with E-state index in [0.29, 0.717) is 39.9 Å². The summed E-state index contributed by atoms with van der Waals surface area (Å²) in [6, 6.07) is 5.42. The third-order valence-electron chi connectivity index (χ3n) is 4.29. The lowest BCUT2D eigenvalue weighted by Crippen LogP contribution is -2.09. The second kappa shape index (κ2) is 9.35. The van der Waals surface area contributed by atoms with Crippen LogP contribution in [0.5, 0.6) is 23.0 Å². The van der Waals surface area contributed by atoms with Gasteiger partial charge in [-0.1, -0.05) is 19.9 Å². The van der Waals surface area contributed by atoms with Gasteiger partial charge in [0.25, 0.3) is 0 Å². The van der Waals surface area contributed by atoms with Gasteiger partial charge in [0, 0.05) is 12.5 Å². The van der Waals surface area contributed by atoms with Gasteiger partial charge in [-0.25, -0.2) is 0 Å². The van der Waals surface area contributed by atoms with E-state index in [9.17, 15) is 4.79 Å². The molecule has 2 aromatic rings. The summed E-state index contributed by atoms with van der Waals surface area (Å²) in [5, 5.41) is 1.41. The number of carbonyl (C=O) groups excluding carboxylic acids is 1. The van der Waals surface area contributed by atoms with Gasteiger partial charge in [-0.05, 0) is 30.2 Å². The SMILES string of the molecule is COc1ccc(OC)c2c(OC)c(C(/C=C/C(C)C)OC(C)=O)cc(OC)c12. The Hall–Kier alpha value is -2.89. The fourth-order valence-electron chi connectivity index (χ4n) is 3.10. The predicted octanol–water partition coefficient (Wildman–Crippen LogP) is 4.69. The van der Waals surface area contributed by atoms with Gasteiger partial charge in [0.2, 0.25) is 0 Å². The number of esters is 1. The average Bonchev–Trinajstić information content (AvgIpc) is 2.68. The van der Waals surface area contributed by atoms with Crippen molar-refractivity contribution in [3.05, 3.63) is 35.9 Å². The Kier molecular flexibility index (Phi) is 7.15. The minimum atomic E-state index is -0.635. The number of hydrogen-bond donors (Lipinski definition) is 0. The van der Waals surface area contributed by atoms with E-state index in [1.807, 2.05) is 32.1 Å². The van der Waals surface area contributed by atoms with E-state index in [0.717, 1.165) is 5.39 Å². The van der Waals surface area contributed by atoms with Gasteiger partial charge in [0.1, 0.15) is 29.1 Å². The van der Waals surface area contributed by atoms with Crippen LogP contribution in [0.15, 0.2) is 30.4 Å². The predicted molar refractivity (Wildman–Crippen MR) is 109 cm³/mol. The second-order valence-electron chi connectivity index (χ2n) is 6.58. The monoisotopic (exact) mass is 388 g/mol. The Morgan fingerprint density at radius 1 is 0.857 bits per heavy atom. The summed E-state index contributed by atoms with van der Waals surface area (Å²) in [5.74, 6) is 2.22. The van der Waals surface area contributed by atoms with Crippen LogP contribution in [0.25, 0.3) is 10.8 Å². The van der Waals surface area contributed by atoms with Crippen molar-refractivity contribution in [3.8, 4) is 23.0 Å². The fourth-order valence-corrected chi connectivity index (χ4v) is 3.10. The van der Waals surface area contributed by atoms with Gasteiger partial charge in [0.05, 0.1) is 39.2 Å². The molecule has 6 heteroatoms. The molecule has 0 radical (unpaired) electrons. The topological polar surface area (TPSA) is 63.2 Å². The Balaban J connectivity index is 2.90. The maximum absolute atomic E-state index is 11.7. The molecule has 0 saturated carbocycles. The first kappa shape index (κ1) is 21.4. The zero-order valence-corrected chi connectivity index (χ0v) is 17.5. The number of allylic oxidation sites excluding steroid dienone is 1. The van der Waals surface area contributed by atoms with Gasteiger partial charge < -0.3 is 23.7 Å². The van der Waals surface area contributed by atoms with Gasteiger partial charge in [-0.3, -0.25) is 4.79 Å². The highest BCUT2D eigenvalue weighted by Gasteiger charge is 2.25. The number of methoxy groups -OCH3 is 4. The van der Waals surface area contributed by atoms with E-state index >= 15 is 0 Å². The second-order valence-corrected chi connectivity index (χ2v) is 6.58. The van der Waals surface area contributed by atoms with E-state index < -0.39 is 12.1 Å². The molecule has 0 aliphatic heterocycles. The molecule has 0 aliphatic carbocycles. The summed E-state index contributed by atoms with van der Waals surface area (Å²) in [5.41, 5.74) is 0.658. The molecule has 6 nitrogen and oxygen atoms in total. The number of benzene rings is 2. The van der Waals surface area contributed by atoms with Crippen LogP contribution >= 0.6 is 0 Å².